The molecule has 0 radical (unpaired) electrons. The molecule has 0 heterocycles. The zero-order valence-corrected chi connectivity index (χ0v) is 10.2. The Morgan fingerprint density at radius 2 is 2.06 bits per heavy atom. The summed E-state index contributed by atoms with van der Waals surface area (Å²) < 4.78 is 10.2. The van der Waals surface area contributed by atoms with Gasteiger partial charge in [0, 0.05) is 13.7 Å². The van der Waals surface area contributed by atoms with Crippen molar-refractivity contribution < 1.29 is 19.4 Å². The first kappa shape index (κ1) is 13.5. The van der Waals surface area contributed by atoms with Crippen LogP contribution in [0.15, 0.2) is 18.2 Å². The van der Waals surface area contributed by atoms with E-state index in [0.717, 1.165) is 37.2 Å². The molecule has 0 saturated carbocycles. The number of unbranched alkanes of at least 4 members (excludes halogenated alkanes) is 1. The molecule has 1 rings (SSSR count). The fraction of sp³-hybridized carbons (Fsp3) is 0.462. The highest BCUT2D eigenvalue weighted by atomic mass is 16.5. The third-order valence-corrected chi connectivity index (χ3v) is 2.57. The highest BCUT2D eigenvalue weighted by Crippen LogP contribution is 2.22. The number of aryl methyl sites for hydroxylation is 1. The number of ether oxygens (including phenoxy) is 2. The molecule has 0 aliphatic carbocycles. The Labute approximate surface area is 101 Å². The molecule has 17 heavy (non-hydrogen) atoms. The SMILES string of the molecule is COCCCCc1cc(C(=O)O)ccc1OC. The summed E-state index contributed by atoms with van der Waals surface area (Å²) in [5, 5.41) is 8.92. The summed E-state index contributed by atoms with van der Waals surface area (Å²) in [6.07, 6.45) is 2.71. The molecule has 0 atom stereocenters. The standard InChI is InChI=1S/C13H18O4/c1-16-8-4-3-5-10-9-11(13(14)15)6-7-12(10)17-2/h6-7,9H,3-5,8H2,1-2H3,(H,14,15). The van der Waals surface area contributed by atoms with Crippen molar-refractivity contribution in [2.45, 2.75) is 19.3 Å². The van der Waals surface area contributed by atoms with Gasteiger partial charge in [-0.1, -0.05) is 0 Å². The fourth-order valence-corrected chi connectivity index (χ4v) is 1.67. The number of carbonyl (C=O) groups is 1. The lowest BCUT2D eigenvalue weighted by atomic mass is 10.0. The van der Waals surface area contributed by atoms with Crippen molar-refractivity contribution in [1.82, 2.24) is 0 Å². The Balaban J connectivity index is 2.72. The number of carboxylic acid groups (broad SMARTS) is 1. The van der Waals surface area contributed by atoms with Crippen LogP contribution in [0.4, 0.5) is 0 Å². The second-order valence-corrected chi connectivity index (χ2v) is 3.78. The number of aromatic carboxylic acids is 1. The summed E-state index contributed by atoms with van der Waals surface area (Å²) >= 11 is 0. The van der Waals surface area contributed by atoms with E-state index in [1.807, 2.05) is 0 Å². The first-order valence-electron chi connectivity index (χ1n) is 5.58. The van der Waals surface area contributed by atoms with Crippen molar-refractivity contribution in [3.8, 4) is 5.75 Å². The first-order valence-corrected chi connectivity index (χ1v) is 5.58. The topological polar surface area (TPSA) is 55.8 Å². The minimum absolute atomic E-state index is 0.299. The van der Waals surface area contributed by atoms with Crippen molar-refractivity contribution in [2.24, 2.45) is 0 Å². The van der Waals surface area contributed by atoms with E-state index in [1.54, 1.807) is 32.4 Å². The summed E-state index contributed by atoms with van der Waals surface area (Å²) in [4.78, 5) is 10.9. The van der Waals surface area contributed by atoms with Crippen molar-refractivity contribution in [3.05, 3.63) is 29.3 Å². The second-order valence-electron chi connectivity index (χ2n) is 3.78. The molecule has 0 aliphatic rings. The lowest BCUT2D eigenvalue weighted by molar-refractivity contribution is 0.0696. The average Bonchev–Trinajstić information content (AvgIpc) is 2.34. The van der Waals surface area contributed by atoms with Gasteiger partial charge in [0.05, 0.1) is 12.7 Å². The van der Waals surface area contributed by atoms with E-state index >= 15 is 0 Å². The zero-order chi connectivity index (χ0) is 12.7. The Morgan fingerprint density at radius 1 is 1.29 bits per heavy atom. The third kappa shape index (κ3) is 4.07. The van der Waals surface area contributed by atoms with Gasteiger partial charge in [-0.15, -0.1) is 0 Å². The largest absolute Gasteiger partial charge is 0.496 e. The quantitative estimate of drug-likeness (QED) is 0.741. The number of benzene rings is 1. The van der Waals surface area contributed by atoms with E-state index in [0.29, 0.717) is 5.56 Å². The van der Waals surface area contributed by atoms with Crippen LogP contribution in [-0.4, -0.2) is 31.9 Å². The third-order valence-electron chi connectivity index (χ3n) is 2.57. The van der Waals surface area contributed by atoms with Crippen molar-refractivity contribution >= 4 is 5.97 Å². The van der Waals surface area contributed by atoms with Gasteiger partial charge in [-0.05, 0) is 43.0 Å². The fourth-order valence-electron chi connectivity index (χ4n) is 1.67. The predicted molar refractivity (Wildman–Crippen MR) is 64.8 cm³/mol. The van der Waals surface area contributed by atoms with E-state index in [2.05, 4.69) is 0 Å². The van der Waals surface area contributed by atoms with Gasteiger partial charge in [-0.3, -0.25) is 0 Å². The lowest BCUT2D eigenvalue weighted by Gasteiger charge is -2.09. The first-order chi connectivity index (χ1) is 8.19. The van der Waals surface area contributed by atoms with Crippen LogP contribution in [0.2, 0.25) is 0 Å². The van der Waals surface area contributed by atoms with Gasteiger partial charge in [-0.25, -0.2) is 4.79 Å². The summed E-state index contributed by atoms with van der Waals surface area (Å²) in [7, 11) is 3.26. The zero-order valence-electron chi connectivity index (χ0n) is 10.2. The number of hydrogen-bond acceptors (Lipinski definition) is 3. The van der Waals surface area contributed by atoms with Gasteiger partial charge in [-0.2, -0.15) is 0 Å². The van der Waals surface area contributed by atoms with Crippen LogP contribution in [0.5, 0.6) is 5.75 Å². The molecule has 4 heteroatoms. The van der Waals surface area contributed by atoms with Crippen molar-refractivity contribution in [3.63, 3.8) is 0 Å². The monoisotopic (exact) mass is 238 g/mol. The Morgan fingerprint density at radius 3 is 2.65 bits per heavy atom. The minimum atomic E-state index is -0.911. The Hall–Kier alpha value is -1.55. The van der Waals surface area contributed by atoms with Gasteiger partial charge in [0.2, 0.25) is 0 Å². The molecular formula is C13H18O4. The van der Waals surface area contributed by atoms with Crippen LogP contribution in [0, 0.1) is 0 Å². The Bertz CT molecular complexity index is 374. The van der Waals surface area contributed by atoms with Gasteiger partial charge >= 0.3 is 5.97 Å². The lowest BCUT2D eigenvalue weighted by Crippen LogP contribution is -2.00. The molecule has 0 unspecified atom stereocenters. The maximum absolute atomic E-state index is 10.9. The maximum atomic E-state index is 10.9. The summed E-state index contributed by atoms with van der Waals surface area (Å²) in [6.45, 7) is 0.723. The summed E-state index contributed by atoms with van der Waals surface area (Å²) in [5.74, 6) is -0.168. The number of carboxylic acids is 1. The number of rotatable bonds is 7. The summed E-state index contributed by atoms with van der Waals surface area (Å²) in [5.41, 5.74) is 1.23. The molecule has 0 aromatic heterocycles. The van der Waals surface area contributed by atoms with Crippen LogP contribution in [0.25, 0.3) is 0 Å². The highest BCUT2D eigenvalue weighted by Gasteiger charge is 2.08. The molecule has 94 valence electrons. The van der Waals surface area contributed by atoms with Gasteiger partial charge in [0.25, 0.3) is 0 Å². The molecular weight excluding hydrogens is 220 g/mol. The molecule has 4 nitrogen and oxygen atoms in total. The van der Waals surface area contributed by atoms with Crippen molar-refractivity contribution in [1.29, 1.82) is 0 Å². The molecule has 0 aliphatic heterocycles. The van der Waals surface area contributed by atoms with E-state index in [-0.39, 0.29) is 0 Å². The summed E-state index contributed by atoms with van der Waals surface area (Å²) in [6, 6.07) is 4.93. The van der Waals surface area contributed by atoms with E-state index in [1.165, 1.54) is 0 Å². The molecule has 0 spiro atoms. The Kier molecular flexibility index (Phi) is 5.49. The molecule has 0 saturated heterocycles. The molecule has 0 bridgehead atoms. The van der Waals surface area contributed by atoms with Crippen LogP contribution in [0.1, 0.15) is 28.8 Å². The molecule has 1 aromatic rings. The van der Waals surface area contributed by atoms with Gasteiger partial charge in [0.1, 0.15) is 5.75 Å². The normalized spacial score (nSPS) is 10.2. The van der Waals surface area contributed by atoms with Crippen molar-refractivity contribution in [2.75, 3.05) is 20.8 Å². The molecule has 0 fully saturated rings. The number of hydrogen-bond donors (Lipinski definition) is 1. The molecule has 1 N–H and O–H groups in total. The second kappa shape index (κ2) is 6.91. The van der Waals surface area contributed by atoms with E-state index in [4.69, 9.17) is 14.6 Å². The highest BCUT2D eigenvalue weighted by molar-refractivity contribution is 5.88. The maximum Gasteiger partial charge on any atom is 0.335 e. The predicted octanol–water partition coefficient (Wildman–Crippen LogP) is 2.36. The smallest absolute Gasteiger partial charge is 0.335 e. The minimum Gasteiger partial charge on any atom is -0.496 e. The molecule has 1 aromatic carbocycles. The van der Waals surface area contributed by atoms with E-state index < -0.39 is 5.97 Å². The average molecular weight is 238 g/mol. The molecule has 0 amide bonds. The van der Waals surface area contributed by atoms with Crippen LogP contribution in [0.3, 0.4) is 0 Å². The van der Waals surface area contributed by atoms with Crippen LogP contribution in [-0.2, 0) is 11.2 Å². The van der Waals surface area contributed by atoms with Gasteiger partial charge < -0.3 is 14.6 Å². The number of methoxy groups -OCH3 is 2. The van der Waals surface area contributed by atoms with Crippen LogP contribution < -0.4 is 4.74 Å². The van der Waals surface area contributed by atoms with E-state index in [9.17, 15) is 4.79 Å². The van der Waals surface area contributed by atoms with Crippen LogP contribution >= 0.6 is 0 Å². The van der Waals surface area contributed by atoms with Gasteiger partial charge in [0.15, 0.2) is 0 Å².